The van der Waals surface area contributed by atoms with Crippen molar-refractivity contribution in [3.05, 3.63) is 48.2 Å². The molecule has 0 atom stereocenters. The second kappa shape index (κ2) is 5.46. The molecule has 6 heteroatoms. The topological polar surface area (TPSA) is 86.6 Å². The maximum atomic E-state index is 9.02. The quantitative estimate of drug-likeness (QED) is 0.760. The number of H-pyrrole nitrogens is 1. The van der Waals surface area contributed by atoms with Crippen LogP contribution < -0.4 is 10.1 Å². The molecule has 3 aromatic rings. The van der Waals surface area contributed by atoms with Gasteiger partial charge in [-0.1, -0.05) is 30.3 Å². The third kappa shape index (κ3) is 2.38. The maximum Gasteiger partial charge on any atom is 0.190 e. The highest BCUT2D eigenvalue weighted by atomic mass is 16.5. The van der Waals surface area contributed by atoms with Gasteiger partial charge in [0.1, 0.15) is 24.1 Å². The molecule has 0 amide bonds. The van der Waals surface area contributed by atoms with E-state index in [1.165, 1.54) is 0 Å². The van der Waals surface area contributed by atoms with Crippen LogP contribution in [0.15, 0.2) is 42.5 Å². The number of benzene rings is 2. The van der Waals surface area contributed by atoms with E-state index in [1.54, 1.807) is 0 Å². The highest BCUT2D eigenvalue weighted by Gasteiger charge is 2.12. The highest BCUT2D eigenvalue weighted by molar-refractivity contribution is 5.74. The van der Waals surface area contributed by atoms with Crippen molar-refractivity contribution in [2.75, 3.05) is 18.5 Å². The van der Waals surface area contributed by atoms with Crippen molar-refractivity contribution in [3.63, 3.8) is 0 Å². The SMILES string of the molecule is N#Cc1n[nH]nc1-c1ccc(-c2ccc3c(c2)OCCN3)cc1. The lowest BCUT2D eigenvalue weighted by molar-refractivity contribution is 0.323. The van der Waals surface area contributed by atoms with Gasteiger partial charge >= 0.3 is 0 Å². The molecule has 23 heavy (non-hydrogen) atoms. The van der Waals surface area contributed by atoms with Crippen LogP contribution in [0.3, 0.4) is 0 Å². The first kappa shape index (κ1) is 13.3. The Balaban J connectivity index is 1.67. The van der Waals surface area contributed by atoms with Crippen LogP contribution in [-0.2, 0) is 0 Å². The van der Waals surface area contributed by atoms with Gasteiger partial charge in [0.15, 0.2) is 5.69 Å². The number of rotatable bonds is 2. The summed E-state index contributed by atoms with van der Waals surface area (Å²) in [6, 6.07) is 16.0. The summed E-state index contributed by atoms with van der Waals surface area (Å²) in [5.74, 6) is 0.876. The van der Waals surface area contributed by atoms with Crippen molar-refractivity contribution in [1.82, 2.24) is 15.4 Å². The first-order valence-electron chi connectivity index (χ1n) is 7.27. The summed E-state index contributed by atoms with van der Waals surface area (Å²) in [7, 11) is 0. The Morgan fingerprint density at radius 1 is 1.00 bits per heavy atom. The minimum absolute atomic E-state index is 0.297. The molecule has 4 rings (SSSR count). The van der Waals surface area contributed by atoms with Gasteiger partial charge in [-0.15, -0.1) is 5.10 Å². The summed E-state index contributed by atoms with van der Waals surface area (Å²) in [6.07, 6.45) is 0. The zero-order valence-corrected chi connectivity index (χ0v) is 12.2. The Morgan fingerprint density at radius 3 is 2.61 bits per heavy atom. The zero-order valence-electron chi connectivity index (χ0n) is 12.2. The fourth-order valence-electron chi connectivity index (χ4n) is 2.64. The number of anilines is 1. The van der Waals surface area contributed by atoms with Crippen LogP contribution in [0.4, 0.5) is 5.69 Å². The monoisotopic (exact) mass is 303 g/mol. The van der Waals surface area contributed by atoms with Crippen LogP contribution in [0.25, 0.3) is 22.4 Å². The van der Waals surface area contributed by atoms with E-state index in [4.69, 9.17) is 10.00 Å². The molecule has 0 radical (unpaired) electrons. The Bertz CT molecular complexity index is 892. The van der Waals surface area contributed by atoms with Gasteiger partial charge in [-0.3, -0.25) is 0 Å². The van der Waals surface area contributed by atoms with Crippen molar-refractivity contribution in [3.8, 4) is 34.2 Å². The number of ether oxygens (including phenoxy) is 1. The van der Waals surface area contributed by atoms with E-state index in [1.807, 2.05) is 42.5 Å². The van der Waals surface area contributed by atoms with E-state index in [-0.39, 0.29) is 0 Å². The van der Waals surface area contributed by atoms with Gasteiger partial charge in [0.05, 0.1) is 5.69 Å². The number of nitrogens with one attached hydrogen (secondary N) is 2. The fraction of sp³-hybridized carbons (Fsp3) is 0.118. The Hall–Kier alpha value is -3.33. The first-order valence-corrected chi connectivity index (χ1v) is 7.27. The number of aromatic amines is 1. The van der Waals surface area contributed by atoms with Gasteiger partial charge in [0.25, 0.3) is 0 Å². The Kier molecular flexibility index (Phi) is 3.17. The lowest BCUT2D eigenvalue weighted by atomic mass is 10.0. The van der Waals surface area contributed by atoms with Gasteiger partial charge in [0.2, 0.25) is 0 Å². The third-order valence-electron chi connectivity index (χ3n) is 3.80. The fourth-order valence-corrected chi connectivity index (χ4v) is 2.64. The van der Waals surface area contributed by atoms with Crippen molar-refractivity contribution < 1.29 is 4.74 Å². The van der Waals surface area contributed by atoms with Crippen molar-refractivity contribution in [2.45, 2.75) is 0 Å². The first-order chi connectivity index (χ1) is 11.3. The largest absolute Gasteiger partial charge is 0.490 e. The second-order valence-corrected chi connectivity index (χ2v) is 5.20. The molecule has 0 spiro atoms. The summed E-state index contributed by atoms with van der Waals surface area (Å²) in [5, 5.41) is 22.7. The number of nitrogens with zero attached hydrogens (tertiary/aromatic N) is 3. The lowest BCUT2D eigenvalue weighted by Gasteiger charge is -2.19. The Labute approximate surface area is 132 Å². The molecule has 1 aliphatic rings. The van der Waals surface area contributed by atoms with Crippen molar-refractivity contribution in [2.24, 2.45) is 0 Å². The predicted octanol–water partition coefficient (Wildman–Crippen LogP) is 2.81. The molecule has 1 aliphatic heterocycles. The molecule has 0 aliphatic carbocycles. The van der Waals surface area contributed by atoms with Crippen LogP contribution in [0.1, 0.15) is 5.69 Å². The van der Waals surface area contributed by atoms with E-state index in [2.05, 4.69) is 26.8 Å². The predicted molar refractivity (Wildman–Crippen MR) is 86.0 cm³/mol. The van der Waals surface area contributed by atoms with E-state index < -0.39 is 0 Å². The summed E-state index contributed by atoms with van der Waals surface area (Å²) in [6.45, 7) is 1.51. The molecule has 2 N–H and O–H groups in total. The van der Waals surface area contributed by atoms with Crippen LogP contribution in [0, 0.1) is 11.3 Å². The number of fused-ring (bicyclic) bond motifs is 1. The van der Waals surface area contributed by atoms with Gasteiger partial charge in [0, 0.05) is 12.1 Å². The molecular formula is C17H13N5O. The molecule has 0 saturated carbocycles. The average Bonchev–Trinajstić information content (AvgIpc) is 3.10. The van der Waals surface area contributed by atoms with Crippen LogP contribution in [0.2, 0.25) is 0 Å². The summed E-state index contributed by atoms with van der Waals surface area (Å²) >= 11 is 0. The molecule has 1 aromatic heterocycles. The maximum absolute atomic E-state index is 9.02. The highest BCUT2D eigenvalue weighted by Crippen LogP contribution is 2.33. The minimum atomic E-state index is 0.297. The summed E-state index contributed by atoms with van der Waals surface area (Å²) in [4.78, 5) is 0. The van der Waals surface area contributed by atoms with Crippen LogP contribution >= 0.6 is 0 Å². The number of aromatic nitrogens is 3. The summed E-state index contributed by atoms with van der Waals surface area (Å²) in [5.41, 5.74) is 4.91. The van der Waals surface area contributed by atoms with Gasteiger partial charge in [-0.2, -0.15) is 15.6 Å². The van der Waals surface area contributed by atoms with Gasteiger partial charge in [-0.05, 0) is 23.3 Å². The third-order valence-corrected chi connectivity index (χ3v) is 3.80. The Morgan fingerprint density at radius 2 is 1.78 bits per heavy atom. The molecular weight excluding hydrogens is 290 g/mol. The van der Waals surface area contributed by atoms with E-state index in [0.717, 1.165) is 34.7 Å². The minimum Gasteiger partial charge on any atom is -0.490 e. The molecule has 2 aromatic carbocycles. The van der Waals surface area contributed by atoms with Crippen molar-refractivity contribution >= 4 is 5.69 Å². The molecule has 6 nitrogen and oxygen atoms in total. The molecule has 0 saturated heterocycles. The van der Waals surface area contributed by atoms with Crippen LogP contribution in [0.5, 0.6) is 5.75 Å². The van der Waals surface area contributed by atoms with E-state index in [9.17, 15) is 0 Å². The van der Waals surface area contributed by atoms with Gasteiger partial charge in [-0.25, -0.2) is 0 Å². The van der Waals surface area contributed by atoms with E-state index in [0.29, 0.717) is 18.0 Å². The van der Waals surface area contributed by atoms with Crippen molar-refractivity contribution in [1.29, 1.82) is 5.26 Å². The lowest BCUT2D eigenvalue weighted by Crippen LogP contribution is -2.17. The molecule has 2 heterocycles. The smallest absolute Gasteiger partial charge is 0.190 e. The molecule has 0 unspecified atom stereocenters. The standard InChI is InChI=1S/C17H13N5O/c18-10-15-17(21-22-20-15)12-3-1-11(2-4-12)13-5-6-14-16(9-13)23-8-7-19-14/h1-6,9,19H,7-8H2,(H,20,21,22). The molecule has 0 bridgehead atoms. The molecule has 0 fully saturated rings. The van der Waals surface area contributed by atoms with Crippen LogP contribution in [-0.4, -0.2) is 28.6 Å². The second-order valence-electron chi connectivity index (χ2n) is 5.20. The number of hydrogen-bond donors (Lipinski definition) is 2. The zero-order chi connectivity index (χ0) is 15.6. The average molecular weight is 303 g/mol. The summed E-state index contributed by atoms with van der Waals surface area (Å²) < 4.78 is 5.68. The number of hydrogen-bond acceptors (Lipinski definition) is 5. The molecule has 112 valence electrons. The number of nitriles is 1. The normalized spacial score (nSPS) is 12.7. The van der Waals surface area contributed by atoms with Gasteiger partial charge < -0.3 is 10.1 Å². The van der Waals surface area contributed by atoms with E-state index >= 15 is 0 Å².